The molecule has 3 rings (SSSR count). The van der Waals surface area contributed by atoms with Gasteiger partial charge in [-0.05, 0) is 43.3 Å². The number of carbonyl (C=O) groups excluding carboxylic acids is 1. The lowest BCUT2D eigenvalue weighted by Crippen LogP contribution is -2.45. The first kappa shape index (κ1) is 19.1. The molecule has 1 aliphatic heterocycles. The lowest BCUT2D eigenvalue weighted by molar-refractivity contribution is -0.226. The van der Waals surface area contributed by atoms with Gasteiger partial charge in [-0.1, -0.05) is 24.8 Å². The van der Waals surface area contributed by atoms with Gasteiger partial charge < -0.3 is 19.5 Å². The van der Waals surface area contributed by atoms with E-state index in [1.807, 2.05) is 0 Å². The average molecular weight is 371 g/mol. The van der Waals surface area contributed by atoms with Gasteiger partial charge in [0.2, 0.25) is 5.91 Å². The third kappa shape index (κ3) is 4.72. The Morgan fingerprint density at radius 3 is 2.44 bits per heavy atom. The molecule has 0 spiro atoms. The number of hydrogen-bond donors (Lipinski definition) is 1. The predicted octanol–water partition coefficient (Wildman–Crippen LogP) is 4.08. The Morgan fingerprint density at radius 2 is 1.85 bits per heavy atom. The zero-order valence-electron chi connectivity index (χ0n) is 15.1. The van der Waals surface area contributed by atoms with Crippen LogP contribution in [0.3, 0.4) is 0 Å². The molecule has 27 heavy (non-hydrogen) atoms. The Labute approximate surface area is 157 Å². The van der Waals surface area contributed by atoms with Crippen molar-refractivity contribution in [3.63, 3.8) is 0 Å². The van der Waals surface area contributed by atoms with E-state index in [0.717, 1.165) is 0 Å². The van der Waals surface area contributed by atoms with E-state index in [0.29, 0.717) is 23.6 Å². The molecule has 2 aromatic rings. The van der Waals surface area contributed by atoms with Crippen molar-refractivity contribution in [1.29, 1.82) is 0 Å². The molecule has 0 aliphatic carbocycles. The van der Waals surface area contributed by atoms with Crippen LogP contribution < -0.4 is 10.1 Å². The molecule has 1 amide bonds. The Hall–Kier alpha value is -2.70. The SMILES string of the molecule is C=CCOc1ccc(NC(=O)C2(C)COC(c3ccc(F)cc3)OC2)cc1. The van der Waals surface area contributed by atoms with Gasteiger partial charge in [0.15, 0.2) is 6.29 Å². The standard InChI is InChI=1S/C21H22FNO4/c1-3-12-25-18-10-8-17(9-11-18)23-20(24)21(2)13-26-19(27-14-21)15-4-6-16(22)7-5-15/h3-11,19H,1,12-14H2,2H3,(H,23,24). The summed E-state index contributed by atoms with van der Waals surface area (Å²) in [7, 11) is 0. The highest BCUT2D eigenvalue weighted by Gasteiger charge is 2.39. The number of hydrogen-bond acceptors (Lipinski definition) is 4. The summed E-state index contributed by atoms with van der Waals surface area (Å²) in [5.41, 5.74) is 0.552. The van der Waals surface area contributed by atoms with Crippen LogP contribution in [0, 0.1) is 11.2 Å². The Balaban J connectivity index is 1.57. The third-order valence-corrected chi connectivity index (χ3v) is 4.28. The molecular weight excluding hydrogens is 349 g/mol. The van der Waals surface area contributed by atoms with Crippen molar-refractivity contribution in [3.8, 4) is 5.75 Å². The fourth-order valence-corrected chi connectivity index (χ4v) is 2.62. The van der Waals surface area contributed by atoms with Crippen LogP contribution in [0.2, 0.25) is 0 Å². The maximum Gasteiger partial charge on any atom is 0.234 e. The number of halogens is 1. The summed E-state index contributed by atoms with van der Waals surface area (Å²) >= 11 is 0. The molecular formula is C21H22FNO4. The number of benzene rings is 2. The summed E-state index contributed by atoms with van der Waals surface area (Å²) < 4.78 is 29.9. The van der Waals surface area contributed by atoms with Crippen LogP contribution >= 0.6 is 0 Å². The first-order chi connectivity index (χ1) is 13.0. The first-order valence-corrected chi connectivity index (χ1v) is 8.64. The maximum absolute atomic E-state index is 13.0. The maximum atomic E-state index is 13.0. The Morgan fingerprint density at radius 1 is 1.22 bits per heavy atom. The molecule has 1 heterocycles. The van der Waals surface area contributed by atoms with E-state index in [4.69, 9.17) is 14.2 Å². The van der Waals surface area contributed by atoms with E-state index in [9.17, 15) is 9.18 Å². The van der Waals surface area contributed by atoms with Gasteiger partial charge in [0.05, 0.1) is 18.6 Å². The third-order valence-electron chi connectivity index (χ3n) is 4.28. The highest BCUT2D eigenvalue weighted by molar-refractivity contribution is 5.95. The van der Waals surface area contributed by atoms with Crippen LogP contribution in [0.15, 0.2) is 61.2 Å². The van der Waals surface area contributed by atoms with Gasteiger partial charge in [-0.3, -0.25) is 4.79 Å². The lowest BCUT2D eigenvalue weighted by Gasteiger charge is -2.36. The fraction of sp³-hybridized carbons (Fsp3) is 0.286. The summed E-state index contributed by atoms with van der Waals surface area (Å²) in [6, 6.07) is 13.0. The summed E-state index contributed by atoms with van der Waals surface area (Å²) in [5.74, 6) is 0.185. The highest BCUT2D eigenvalue weighted by atomic mass is 19.1. The van der Waals surface area contributed by atoms with Crippen molar-refractivity contribution in [3.05, 3.63) is 72.6 Å². The lowest BCUT2D eigenvalue weighted by atomic mass is 9.90. The Kier molecular flexibility index (Phi) is 5.88. The van der Waals surface area contributed by atoms with E-state index < -0.39 is 11.7 Å². The molecule has 1 fully saturated rings. The molecule has 5 nitrogen and oxygen atoms in total. The number of rotatable bonds is 6. The van der Waals surface area contributed by atoms with Crippen LogP contribution in [0.4, 0.5) is 10.1 Å². The smallest absolute Gasteiger partial charge is 0.234 e. The number of nitrogens with one attached hydrogen (secondary N) is 1. The van der Waals surface area contributed by atoms with Crippen molar-refractivity contribution in [2.24, 2.45) is 5.41 Å². The average Bonchev–Trinajstić information content (AvgIpc) is 2.69. The van der Waals surface area contributed by atoms with Gasteiger partial charge in [0.1, 0.15) is 18.2 Å². The molecule has 0 aromatic heterocycles. The second-order valence-electron chi connectivity index (χ2n) is 6.64. The van der Waals surface area contributed by atoms with Crippen LogP contribution in [0.1, 0.15) is 18.8 Å². The van der Waals surface area contributed by atoms with E-state index in [-0.39, 0.29) is 24.9 Å². The number of ether oxygens (including phenoxy) is 3. The molecule has 0 bridgehead atoms. The van der Waals surface area contributed by atoms with Crippen molar-refractivity contribution >= 4 is 11.6 Å². The molecule has 0 atom stereocenters. The van der Waals surface area contributed by atoms with Crippen molar-refractivity contribution < 1.29 is 23.4 Å². The quantitative estimate of drug-likeness (QED) is 0.778. The summed E-state index contributed by atoms with van der Waals surface area (Å²) in [6.45, 7) is 6.20. The molecule has 1 N–H and O–H groups in total. The number of carbonyl (C=O) groups is 1. The molecule has 0 unspecified atom stereocenters. The minimum Gasteiger partial charge on any atom is -0.490 e. The zero-order valence-corrected chi connectivity index (χ0v) is 15.1. The fourth-order valence-electron chi connectivity index (χ4n) is 2.62. The first-order valence-electron chi connectivity index (χ1n) is 8.64. The van der Waals surface area contributed by atoms with Crippen LogP contribution in [0.5, 0.6) is 5.75 Å². The van der Waals surface area contributed by atoms with E-state index >= 15 is 0 Å². The van der Waals surface area contributed by atoms with E-state index in [2.05, 4.69) is 11.9 Å². The van der Waals surface area contributed by atoms with Crippen LogP contribution in [-0.4, -0.2) is 25.7 Å². The normalized spacial score (nSPS) is 22.1. The molecule has 0 radical (unpaired) electrons. The monoisotopic (exact) mass is 371 g/mol. The van der Waals surface area contributed by atoms with E-state index in [1.54, 1.807) is 49.4 Å². The van der Waals surface area contributed by atoms with Gasteiger partial charge >= 0.3 is 0 Å². The second kappa shape index (κ2) is 8.33. The van der Waals surface area contributed by atoms with Gasteiger partial charge in [-0.15, -0.1) is 0 Å². The summed E-state index contributed by atoms with van der Waals surface area (Å²) in [4.78, 5) is 12.7. The van der Waals surface area contributed by atoms with Crippen molar-refractivity contribution in [2.45, 2.75) is 13.2 Å². The Bertz CT molecular complexity index is 781. The van der Waals surface area contributed by atoms with Crippen molar-refractivity contribution in [1.82, 2.24) is 0 Å². The minimum atomic E-state index is -0.825. The molecule has 2 aromatic carbocycles. The van der Waals surface area contributed by atoms with E-state index in [1.165, 1.54) is 12.1 Å². The minimum absolute atomic E-state index is 0.195. The molecule has 6 heteroatoms. The van der Waals surface area contributed by atoms with Gasteiger partial charge in [-0.25, -0.2) is 4.39 Å². The second-order valence-corrected chi connectivity index (χ2v) is 6.64. The molecule has 1 aliphatic rings. The number of amides is 1. The molecule has 142 valence electrons. The van der Waals surface area contributed by atoms with Gasteiger partial charge in [0, 0.05) is 11.3 Å². The topological polar surface area (TPSA) is 56.8 Å². The van der Waals surface area contributed by atoms with Crippen LogP contribution in [0.25, 0.3) is 0 Å². The molecule has 1 saturated heterocycles. The summed E-state index contributed by atoms with van der Waals surface area (Å²) in [5, 5.41) is 2.87. The van der Waals surface area contributed by atoms with Gasteiger partial charge in [0.25, 0.3) is 0 Å². The molecule has 0 saturated carbocycles. The largest absolute Gasteiger partial charge is 0.490 e. The summed E-state index contributed by atoms with van der Waals surface area (Å²) in [6.07, 6.45) is 1.06. The van der Waals surface area contributed by atoms with Crippen molar-refractivity contribution in [2.75, 3.05) is 25.1 Å². The highest BCUT2D eigenvalue weighted by Crippen LogP contribution is 2.32. The zero-order chi connectivity index (χ0) is 19.3. The number of anilines is 1. The van der Waals surface area contributed by atoms with Crippen LogP contribution in [-0.2, 0) is 14.3 Å². The predicted molar refractivity (Wildman–Crippen MR) is 99.9 cm³/mol. The van der Waals surface area contributed by atoms with Gasteiger partial charge in [-0.2, -0.15) is 0 Å².